The van der Waals surface area contributed by atoms with Gasteiger partial charge in [0.15, 0.2) is 5.82 Å². The molecular weight excluding hydrogens is 483 g/mol. The van der Waals surface area contributed by atoms with Crippen LogP contribution in [0, 0.1) is 6.92 Å². The number of ether oxygens (including phenoxy) is 1. The maximum absolute atomic E-state index is 13.8. The van der Waals surface area contributed by atoms with Crippen molar-refractivity contribution in [1.29, 1.82) is 0 Å². The number of sulfonamides is 1. The average molecular weight is 511 g/mol. The van der Waals surface area contributed by atoms with Crippen molar-refractivity contribution < 1.29 is 22.3 Å². The summed E-state index contributed by atoms with van der Waals surface area (Å²) in [4.78, 5) is 13.6. The molecule has 3 N–H and O–H groups in total. The van der Waals surface area contributed by atoms with E-state index in [-0.39, 0.29) is 30.2 Å². The fraction of sp³-hybridized carbons (Fsp3) is 0.231. The van der Waals surface area contributed by atoms with Gasteiger partial charge < -0.3 is 10.5 Å². The Morgan fingerprint density at radius 2 is 1.83 bits per heavy atom. The van der Waals surface area contributed by atoms with Crippen molar-refractivity contribution >= 4 is 32.7 Å². The lowest BCUT2D eigenvalue weighted by molar-refractivity contribution is -0.118. The van der Waals surface area contributed by atoms with Crippen LogP contribution in [0.15, 0.2) is 77.7 Å². The summed E-state index contributed by atoms with van der Waals surface area (Å²) in [5, 5.41) is 7.31. The Balaban J connectivity index is 1.79. The number of rotatable bonds is 10. The number of alkyl halides is 1. The van der Waals surface area contributed by atoms with E-state index in [4.69, 9.17) is 10.5 Å². The van der Waals surface area contributed by atoms with E-state index in [1.54, 1.807) is 30.3 Å². The quantitative estimate of drug-likeness (QED) is 0.313. The molecule has 0 unspecified atom stereocenters. The molecule has 36 heavy (non-hydrogen) atoms. The summed E-state index contributed by atoms with van der Waals surface area (Å²) in [6.07, 6.45) is 0.358. The van der Waals surface area contributed by atoms with Crippen molar-refractivity contribution in [2.45, 2.75) is 30.7 Å². The molecule has 0 aliphatic rings. The zero-order valence-corrected chi connectivity index (χ0v) is 20.5. The van der Waals surface area contributed by atoms with Gasteiger partial charge in [-0.25, -0.2) is 8.42 Å². The molecule has 0 spiro atoms. The van der Waals surface area contributed by atoms with E-state index in [0.29, 0.717) is 21.0 Å². The van der Waals surface area contributed by atoms with E-state index in [2.05, 4.69) is 10.2 Å². The molecule has 188 valence electrons. The normalized spacial score (nSPS) is 12.4. The molecule has 0 aliphatic carbocycles. The maximum atomic E-state index is 13.8. The molecule has 0 fully saturated rings. The van der Waals surface area contributed by atoms with Crippen molar-refractivity contribution in [3.63, 3.8) is 0 Å². The summed E-state index contributed by atoms with van der Waals surface area (Å²) in [6.45, 7) is 1.47. The summed E-state index contributed by atoms with van der Waals surface area (Å²) in [7, 11) is -4.37. The number of benzene rings is 3. The first-order valence-electron chi connectivity index (χ1n) is 11.4. The van der Waals surface area contributed by atoms with Gasteiger partial charge in [-0.15, -0.1) is 0 Å². The van der Waals surface area contributed by atoms with Gasteiger partial charge in [0.25, 0.3) is 15.9 Å². The van der Waals surface area contributed by atoms with Gasteiger partial charge in [0.2, 0.25) is 0 Å². The van der Waals surface area contributed by atoms with Gasteiger partial charge in [0.05, 0.1) is 29.7 Å². The number of carbonyl (C=O) groups excluding carboxylic acids is 1. The number of hydrogen-bond donors (Lipinski definition) is 2. The molecule has 3 aromatic carbocycles. The second-order valence-electron chi connectivity index (χ2n) is 8.36. The van der Waals surface area contributed by atoms with Crippen LogP contribution in [0.1, 0.15) is 17.5 Å². The largest absolute Gasteiger partial charge is 0.493 e. The minimum atomic E-state index is -4.37. The first-order chi connectivity index (χ1) is 17.3. The van der Waals surface area contributed by atoms with E-state index in [0.717, 1.165) is 11.1 Å². The van der Waals surface area contributed by atoms with Gasteiger partial charge >= 0.3 is 0 Å². The molecule has 0 bridgehead atoms. The molecule has 0 saturated heterocycles. The molecule has 1 heterocycles. The Bertz CT molecular complexity index is 1440. The lowest BCUT2D eigenvalue weighted by atomic mass is 10.1. The minimum Gasteiger partial charge on any atom is -0.493 e. The number of aromatic amines is 1. The third-order valence-electron chi connectivity index (χ3n) is 5.63. The highest BCUT2D eigenvalue weighted by molar-refractivity contribution is 7.93. The van der Waals surface area contributed by atoms with E-state index in [1.165, 1.54) is 12.1 Å². The van der Waals surface area contributed by atoms with Crippen LogP contribution in [0.2, 0.25) is 0 Å². The first kappa shape index (κ1) is 25.3. The van der Waals surface area contributed by atoms with Gasteiger partial charge in [0.1, 0.15) is 5.75 Å². The van der Waals surface area contributed by atoms with E-state index in [9.17, 15) is 17.6 Å². The summed E-state index contributed by atoms with van der Waals surface area (Å²) in [5.74, 6) is -0.543. The number of carbonyl (C=O) groups is 1. The third kappa shape index (κ3) is 5.39. The Morgan fingerprint density at radius 1 is 1.11 bits per heavy atom. The Kier molecular flexibility index (Phi) is 7.66. The fourth-order valence-corrected chi connectivity index (χ4v) is 5.16. The van der Waals surface area contributed by atoms with Crippen LogP contribution in [-0.2, 0) is 21.2 Å². The SMILES string of the molecule is Cc1ccc(S(=O)(=O)N(C(=O)[C@@H](N)Cc2ccccc2)c2n[nH]c3ccc(OCCCF)cc23)cc1. The topological polar surface area (TPSA) is 118 Å². The molecule has 1 atom stereocenters. The molecule has 4 aromatic rings. The number of aromatic nitrogens is 2. The number of nitrogens with two attached hydrogens (primary N) is 1. The predicted octanol–water partition coefficient (Wildman–Crippen LogP) is 3.90. The molecule has 0 saturated carbocycles. The number of halogens is 1. The van der Waals surface area contributed by atoms with Crippen molar-refractivity contribution in [3.05, 3.63) is 83.9 Å². The zero-order valence-electron chi connectivity index (χ0n) is 19.7. The van der Waals surface area contributed by atoms with Gasteiger partial charge in [0, 0.05) is 11.8 Å². The summed E-state index contributed by atoms with van der Waals surface area (Å²) >= 11 is 0. The van der Waals surface area contributed by atoms with Crippen LogP contribution in [-0.4, -0.2) is 43.8 Å². The Morgan fingerprint density at radius 3 is 2.53 bits per heavy atom. The van der Waals surface area contributed by atoms with Crippen molar-refractivity contribution in [1.82, 2.24) is 10.2 Å². The standard InChI is InChI=1S/C26H27FN4O4S/c1-18-8-11-21(12-9-18)36(33,34)31(26(32)23(28)16-19-6-3-2-4-7-19)25-22-17-20(35-15-5-14-27)10-13-24(22)29-30-25/h2-4,6-13,17,23H,5,14-16,28H2,1H3,(H,29,30)/t23-/m0/s1. The summed E-state index contributed by atoms with van der Waals surface area (Å²) < 4.78 is 46.3. The van der Waals surface area contributed by atoms with Crippen LogP contribution in [0.4, 0.5) is 10.2 Å². The second-order valence-corrected chi connectivity index (χ2v) is 10.1. The number of H-pyrrole nitrogens is 1. The minimum absolute atomic E-state index is 0.0696. The molecule has 0 radical (unpaired) electrons. The number of hydrogen-bond acceptors (Lipinski definition) is 6. The van der Waals surface area contributed by atoms with E-state index < -0.39 is 28.6 Å². The van der Waals surface area contributed by atoms with E-state index >= 15 is 0 Å². The number of nitrogens with zero attached hydrogens (tertiary/aromatic N) is 2. The van der Waals surface area contributed by atoms with Crippen LogP contribution in [0.3, 0.4) is 0 Å². The molecule has 0 aliphatic heterocycles. The molecule has 1 amide bonds. The van der Waals surface area contributed by atoms with Gasteiger partial charge in [-0.2, -0.15) is 9.40 Å². The monoisotopic (exact) mass is 510 g/mol. The number of nitrogens with one attached hydrogen (secondary N) is 1. The third-order valence-corrected chi connectivity index (χ3v) is 7.33. The Hall–Kier alpha value is -3.76. The number of anilines is 1. The lowest BCUT2D eigenvalue weighted by Gasteiger charge is -2.24. The highest BCUT2D eigenvalue weighted by Gasteiger charge is 2.37. The molecule has 8 nitrogen and oxygen atoms in total. The smallest absolute Gasteiger partial charge is 0.272 e. The van der Waals surface area contributed by atoms with Gasteiger partial charge in [-0.3, -0.25) is 14.3 Å². The number of fused-ring (bicyclic) bond motifs is 1. The number of amides is 1. The Labute approximate surface area is 208 Å². The first-order valence-corrected chi connectivity index (χ1v) is 12.9. The van der Waals surface area contributed by atoms with Crippen LogP contribution < -0.4 is 14.8 Å². The van der Waals surface area contributed by atoms with E-state index in [1.807, 2.05) is 37.3 Å². The van der Waals surface area contributed by atoms with Crippen molar-refractivity contribution in [2.75, 3.05) is 17.6 Å². The number of aryl methyl sites for hydroxylation is 1. The average Bonchev–Trinajstić information content (AvgIpc) is 3.27. The zero-order chi connectivity index (χ0) is 25.7. The highest BCUT2D eigenvalue weighted by atomic mass is 32.2. The second kappa shape index (κ2) is 10.9. The van der Waals surface area contributed by atoms with Crippen LogP contribution in [0.25, 0.3) is 10.9 Å². The maximum Gasteiger partial charge on any atom is 0.272 e. The summed E-state index contributed by atoms with van der Waals surface area (Å²) in [5.41, 5.74) is 8.41. The highest BCUT2D eigenvalue weighted by Crippen LogP contribution is 2.32. The van der Waals surface area contributed by atoms with Crippen LogP contribution >= 0.6 is 0 Å². The van der Waals surface area contributed by atoms with Gasteiger partial charge in [-0.1, -0.05) is 48.0 Å². The molecular formula is C26H27FN4O4S. The van der Waals surface area contributed by atoms with Crippen molar-refractivity contribution in [3.8, 4) is 5.75 Å². The fourth-order valence-electron chi connectivity index (χ4n) is 3.73. The predicted molar refractivity (Wildman–Crippen MR) is 136 cm³/mol. The molecule has 4 rings (SSSR count). The lowest BCUT2D eigenvalue weighted by Crippen LogP contribution is -2.48. The van der Waals surface area contributed by atoms with Crippen molar-refractivity contribution in [2.24, 2.45) is 5.73 Å². The molecule has 1 aromatic heterocycles. The van der Waals surface area contributed by atoms with Gasteiger partial charge in [-0.05, 0) is 49.2 Å². The molecule has 10 heteroatoms. The summed E-state index contributed by atoms with van der Waals surface area (Å²) in [6, 6.07) is 19.0. The van der Waals surface area contributed by atoms with Crippen LogP contribution in [0.5, 0.6) is 5.75 Å².